The highest BCUT2D eigenvalue weighted by Gasteiger charge is 2.18. The molecule has 0 aromatic heterocycles. The third-order valence-corrected chi connectivity index (χ3v) is 6.69. The summed E-state index contributed by atoms with van der Waals surface area (Å²) in [6.07, 6.45) is 0. The number of sulfone groups is 1. The number of rotatable bonds is 8. The minimum atomic E-state index is -3.54. The van der Waals surface area contributed by atoms with Crippen molar-refractivity contribution in [3.63, 3.8) is 0 Å². The van der Waals surface area contributed by atoms with E-state index in [-0.39, 0.29) is 27.5 Å². The molecule has 0 aliphatic heterocycles. The molecular formula is C24H21NO7S. The van der Waals surface area contributed by atoms with Crippen LogP contribution in [0.3, 0.4) is 0 Å². The Bertz CT molecular complexity index is 1310. The Labute approximate surface area is 190 Å². The van der Waals surface area contributed by atoms with Gasteiger partial charge in [-0.05, 0) is 43.7 Å². The van der Waals surface area contributed by atoms with Crippen LogP contribution in [0.5, 0.6) is 0 Å². The van der Waals surface area contributed by atoms with Gasteiger partial charge in [-0.15, -0.1) is 0 Å². The zero-order valence-corrected chi connectivity index (χ0v) is 18.8. The molecule has 9 heteroatoms. The summed E-state index contributed by atoms with van der Waals surface area (Å²) in [5.41, 5.74) is 1.89. The fraction of sp³-hybridized carbons (Fsp3) is 0.167. The number of carbonyl (C=O) groups is 2. The number of benzene rings is 3. The fourth-order valence-corrected chi connectivity index (χ4v) is 4.41. The largest absolute Gasteiger partial charge is 0.454 e. The molecule has 170 valence electrons. The molecule has 0 bridgehead atoms. The van der Waals surface area contributed by atoms with Crippen molar-refractivity contribution in [1.82, 2.24) is 0 Å². The second-order valence-corrected chi connectivity index (χ2v) is 9.52. The maximum absolute atomic E-state index is 12.6. The second-order valence-electron chi connectivity index (χ2n) is 7.53. The highest BCUT2D eigenvalue weighted by atomic mass is 32.2. The molecule has 0 spiro atoms. The third kappa shape index (κ3) is 5.89. The number of nitrogens with zero attached hydrogens (tertiary/aromatic N) is 1. The molecule has 0 saturated heterocycles. The number of ketones is 1. The van der Waals surface area contributed by atoms with Gasteiger partial charge in [-0.25, -0.2) is 13.2 Å². The van der Waals surface area contributed by atoms with Crippen LogP contribution < -0.4 is 0 Å². The number of nitro groups is 1. The van der Waals surface area contributed by atoms with Gasteiger partial charge in [-0.2, -0.15) is 0 Å². The zero-order chi connectivity index (χ0) is 24.2. The van der Waals surface area contributed by atoms with E-state index in [1.165, 1.54) is 36.4 Å². The van der Waals surface area contributed by atoms with Crippen molar-refractivity contribution in [3.05, 3.63) is 105 Å². The number of nitro benzene ring substituents is 1. The highest BCUT2D eigenvalue weighted by molar-refractivity contribution is 7.90. The average Bonchev–Trinajstić information content (AvgIpc) is 2.78. The summed E-state index contributed by atoms with van der Waals surface area (Å²) < 4.78 is 30.1. The Kier molecular flexibility index (Phi) is 7.03. The van der Waals surface area contributed by atoms with Crippen LogP contribution in [0.2, 0.25) is 0 Å². The predicted molar refractivity (Wildman–Crippen MR) is 121 cm³/mol. The summed E-state index contributed by atoms with van der Waals surface area (Å²) in [7, 11) is -3.54. The van der Waals surface area contributed by atoms with Gasteiger partial charge in [-0.1, -0.05) is 42.0 Å². The van der Waals surface area contributed by atoms with Gasteiger partial charge >= 0.3 is 5.97 Å². The van der Waals surface area contributed by atoms with Gasteiger partial charge < -0.3 is 4.74 Å². The van der Waals surface area contributed by atoms with Gasteiger partial charge in [0.1, 0.15) is 0 Å². The van der Waals surface area contributed by atoms with Gasteiger partial charge in [0.2, 0.25) is 5.78 Å². The topological polar surface area (TPSA) is 121 Å². The standard InChI is InChI=1S/C24H21NO7S/c1-16-3-11-21(12-4-16)33(30,31)15-18-6-9-19(10-7-18)24(27)32-14-23(26)20-8-5-17(2)22(13-20)25(28)29/h3-13H,14-15H2,1-2H3. The van der Waals surface area contributed by atoms with Crippen molar-refractivity contribution in [2.24, 2.45) is 0 Å². The minimum absolute atomic E-state index is 0.0664. The first-order valence-corrected chi connectivity index (χ1v) is 11.6. The summed E-state index contributed by atoms with van der Waals surface area (Å²) >= 11 is 0. The number of Topliss-reactive ketones (excluding diaryl/α,β-unsaturated/α-hetero) is 1. The van der Waals surface area contributed by atoms with Crippen molar-refractivity contribution >= 4 is 27.3 Å². The van der Waals surface area contributed by atoms with E-state index in [2.05, 4.69) is 0 Å². The number of esters is 1. The molecular weight excluding hydrogens is 446 g/mol. The Balaban J connectivity index is 1.62. The first kappa shape index (κ1) is 23.8. The number of carbonyl (C=O) groups excluding carboxylic acids is 2. The van der Waals surface area contributed by atoms with Crippen LogP contribution in [0.25, 0.3) is 0 Å². The predicted octanol–water partition coefficient (Wildman–Crippen LogP) is 4.23. The van der Waals surface area contributed by atoms with Gasteiger partial charge in [0.05, 0.1) is 21.1 Å². The van der Waals surface area contributed by atoms with Gasteiger partial charge in [0.15, 0.2) is 16.4 Å². The van der Waals surface area contributed by atoms with E-state index in [0.29, 0.717) is 11.1 Å². The number of ether oxygens (including phenoxy) is 1. The van der Waals surface area contributed by atoms with E-state index in [9.17, 15) is 28.1 Å². The lowest BCUT2D eigenvalue weighted by Gasteiger charge is -2.07. The molecule has 3 aromatic carbocycles. The molecule has 0 saturated carbocycles. The number of hydrogen-bond donors (Lipinski definition) is 0. The van der Waals surface area contributed by atoms with Gasteiger partial charge in [0.25, 0.3) is 5.69 Å². The van der Waals surface area contributed by atoms with E-state index in [0.717, 1.165) is 11.6 Å². The highest BCUT2D eigenvalue weighted by Crippen LogP contribution is 2.20. The van der Waals surface area contributed by atoms with Crippen molar-refractivity contribution in [2.45, 2.75) is 24.5 Å². The first-order chi connectivity index (χ1) is 15.6. The Morgan fingerprint density at radius 2 is 1.52 bits per heavy atom. The van der Waals surface area contributed by atoms with Crippen LogP contribution in [0.1, 0.15) is 37.4 Å². The molecule has 3 aromatic rings. The molecule has 0 N–H and O–H groups in total. The van der Waals surface area contributed by atoms with E-state index in [1.807, 2.05) is 6.92 Å². The molecule has 0 aliphatic rings. The van der Waals surface area contributed by atoms with Crippen molar-refractivity contribution < 1.29 is 27.7 Å². The lowest BCUT2D eigenvalue weighted by Crippen LogP contribution is -2.14. The summed E-state index contributed by atoms with van der Waals surface area (Å²) in [5, 5.41) is 11.0. The molecule has 0 heterocycles. The van der Waals surface area contributed by atoms with E-state index in [4.69, 9.17) is 4.74 Å². The summed E-state index contributed by atoms with van der Waals surface area (Å²) in [6.45, 7) is 2.84. The average molecular weight is 467 g/mol. The molecule has 0 unspecified atom stereocenters. The molecule has 8 nitrogen and oxygen atoms in total. The summed E-state index contributed by atoms with van der Waals surface area (Å²) in [5.74, 6) is -1.57. The zero-order valence-electron chi connectivity index (χ0n) is 18.0. The van der Waals surface area contributed by atoms with Crippen molar-refractivity contribution in [1.29, 1.82) is 0 Å². The fourth-order valence-electron chi connectivity index (χ4n) is 3.06. The molecule has 33 heavy (non-hydrogen) atoms. The smallest absolute Gasteiger partial charge is 0.338 e. The van der Waals surface area contributed by atoms with Gasteiger partial charge in [-0.3, -0.25) is 14.9 Å². The van der Waals surface area contributed by atoms with Gasteiger partial charge in [0, 0.05) is 17.2 Å². The lowest BCUT2D eigenvalue weighted by molar-refractivity contribution is -0.385. The van der Waals surface area contributed by atoms with Crippen LogP contribution in [0, 0.1) is 24.0 Å². The Morgan fingerprint density at radius 1 is 0.909 bits per heavy atom. The lowest BCUT2D eigenvalue weighted by atomic mass is 10.1. The van der Waals surface area contributed by atoms with Crippen LogP contribution in [0.15, 0.2) is 71.6 Å². The SMILES string of the molecule is Cc1ccc(S(=O)(=O)Cc2ccc(C(=O)OCC(=O)c3ccc(C)c([N+](=O)[O-])c3)cc2)cc1. The normalized spacial score (nSPS) is 11.1. The monoisotopic (exact) mass is 467 g/mol. The van der Waals surface area contributed by atoms with E-state index >= 15 is 0 Å². The molecule has 0 radical (unpaired) electrons. The molecule has 0 atom stereocenters. The maximum Gasteiger partial charge on any atom is 0.338 e. The molecule has 0 amide bonds. The number of hydrogen-bond acceptors (Lipinski definition) is 7. The second kappa shape index (κ2) is 9.74. The van der Waals surface area contributed by atoms with Crippen molar-refractivity contribution in [3.8, 4) is 0 Å². The Hall–Kier alpha value is -3.85. The van der Waals surface area contributed by atoms with Crippen LogP contribution in [0.4, 0.5) is 5.69 Å². The minimum Gasteiger partial charge on any atom is -0.454 e. The first-order valence-electron chi connectivity index (χ1n) is 9.90. The van der Waals surface area contributed by atoms with E-state index < -0.39 is 33.1 Å². The maximum atomic E-state index is 12.6. The van der Waals surface area contributed by atoms with Crippen molar-refractivity contribution in [2.75, 3.05) is 6.61 Å². The quantitative estimate of drug-likeness (QED) is 0.210. The summed E-state index contributed by atoms with van der Waals surface area (Å²) in [6, 6.07) is 16.4. The van der Waals surface area contributed by atoms with Crippen LogP contribution >= 0.6 is 0 Å². The molecule has 3 rings (SSSR count). The Morgan fingerprint density at radius 3 is 2.12 bits per heavy atom. The molecule has 0 fully saturated rings. The summed E-state index contributed by atoms with van der Waals surface area (Å²) in [4.78, 5) is 35.2. The number of aryl methyl sites for hydroxylation is 2. The molecule has 0 aliphatic carbocycles. The van der Waals surface area contributed by atoms with Crippen LogP contribution in [-0.2, 0) is 20.3 Å². The third-order valence-electron chi connectivity index (χ3n) is 4.99. The van der Waals surface area contributed by atoms with Crippen LogP contribution in [-0.4, -0.2) is 31.7 Å². The van der Waals surface area contributed by atoms with E-state index in [1.54, 1.807) is 31.2 Å².